The highest BCUT2D eigenvalue weighted by molar-refractivity contribution is 9.10. The van der Waals surface area contributed by atoms with E-state index in [1.54, 1.807) is 13.2 Å². The SMILES string of the molecule is COc1ccc(Br)c(COc2ccc(Cl)cc2C(C)N)c1. The highest BCUT2D eigenvalue weighted by Gasteiger charge is 2.10. The summed E-state index contributed by atoms with van der Waals surface area (Å²) in [6.45, 7) is 2.32. The van der Waals surface area contributed by atoms with Gasteiger partial charge in [-0.2, -0.15) is 0 Å². The van der Waals surface area contributed by atoms with Crippen LogP contribution in [0.1, 0.15) is 24.1 Å². The van der Waals surface area contributed by atoms with Crippen molar-refractivity contribution < 1.29 is 9.47 Å². The standard InChI is InChI=1S/C16H17BrClNO2/c1-10(19)14-8-12(18)3-6-16(14)21-9-11-7-13(20-2)4-5-15(11)17/h3-8,10H,9,19H2,1-2H3. The van der Waals surface area contributed by atoms with Gasteiger partial charge in [-0.1, -0.05) is 27.5 Å². The van der Waals surface area contributed by atoms with E-state index in [2.05, 4.69) is 15.9 Å². The fraction of sp³-hybridized carbons (Fsp3) is 0.250. The lowest BCUT2D eigenvalue weighted by atomic mass is 10.1. The van der Waals surface area contributed by atoms with E-state index < -0.39 is 0 Å². The second-order valence-corrected chi connectivity index (χ2v) is 6.01. The predicted molar refractivity (Wildman–Crippen MR) is 89.1 cm³/mol. The van der Waals surface area contributed by atoms with Crippen molar-refractivity contribution in [2.45, 2.75) is 19.6 Å². The molecule has 2 rings (SSSR count). The molecule has 0 saturated heterocycles. The lowest BCUT2D eigenvalue weighted by Gasteiger charge is -2.15. The quantitative estimate of drug-likeness (QED) is 0.829. The molecule has 0 aliphatic heterocycles. The molecule has 112 valence electrons. The van der Waals surface area contributed by atoms with Gasteiger partial charge in [0, 0.05) is 26.7 Å². The molecule has 0 fully saturated rings. The Kier molecular flexibility index (Phi) is 5.51. The van der Waals surface area contributed by atoms with Crippen molar-refractivity contribution in [3.8, 4) is 11.5 Å². The van der Waals surface area contributed by atoms with E-state index in [9.17, 15) is 0 Å². The smallest absolute Gasteiger partial charge is 0.124 e. The second kappa shape index (κ2) is 7.16. The summed E-state index contributed by atoms with van der Waals surface area (Å²) in [5, 5.41) is 0.650. The zero-order valence-electron chi connectivity index (χ0n) is 11.9. The van der Waals surface area contributed by atoms with Gasteiger partial charge in [-0.25, -0.2) is 0 Å². The Hall–Kier alpha value is -1.23. The van der Waals surface area contributed by atoms with Crippen LogP contribution >= 0.6 is 27.5 Å². The van der Waals surface area contributed by atoms with Gasteiger partial charge in [-0.3, -0.25) is 0 Å². The first-order valence-corrected chi connectivity index (χ1v) is 7.68. The molecule has 2 N–H and O–H groups in total. The summed E-state index contributed by atoms with van der Waals surface area (Å²) in [5.41, 5.74) is 7.85. The number of nitrogens with two attached hydrogens (primary N) is 1. The largest absolute Gasteiger partial charge is 0.497 e. The van der Waals surface area contributed by atoms with Crippen molar-refractivity contribution >= 4 is 27.5 Å². The second-order valence-electron chi connectivity index (χ2n) is 4.72. The van der Waals surface area contributed by atoms with Crippen LogP contribution in [0.5, 0.6) is 11.5 Å². The molecule has 0 saturated carbocycles. The minimum absolute atomic E-state index is 0.146. The number of methoxy groups -OCH3 is 1. The number of rotatable bonds is 5. The average Bonchev–Trinajstić information content (AvgIpc) is 2.47. The summed E-state index contributed by atoms with van der Waals surface area (Å²) in [5.74, 6) is 1.53. The van der Waals surface area contributed by atoms with E-state index in [-0.39, 0.29) is 6.04 Å². The fourth-order valence-corrected chi connectivity index (χ4v) is 2.49. The molecule has 0 aliphatic carbocycles. The fourth-order valence-electron chi connectivity index (χ4n) is 1.95. The van der Waals surface area contributed by atoms with Crippen molar-refractivity contribution in [2.24, 2.45) is 5.73 Å². The average molecular weight is 371 g/mol. The Balaban J connectivity index is 2.20. The predicted octanol–water partition coefficient (Wildman–Crippen LogP) is 4.71. The number of halogens is 2. The first kappa shape index (κ1) is 16.1. The van der Waals surface area contributed by atoms with Crippen LogP contribution in [0.2, 0.25) is 5.02 Å². The van der Waals surface area contributed by atoms with Crippen LogP contribution in [0.15, 0.2) is 40.9 Å². The van der Waals surface area contributed by atoms with E-state index >= 15 is 0 Å². The molecule has 0 amide bonds. The zero-order valence-corrected chi connectivity index (χ0v) is 14.2. The van der Waals surface area contributed by atoms with E-state index in [0.29, 0.717) is 11.6 Å². The number of hydrogen-bond acceptors (Lipinski definition) is 3. The van der Waals surface area contributed by atoms with Crippen LogP contribution in [-0.4, -0.2) is 7.11 Å². The van der Waals surface area contributed by atoms with Gasteiger partial charge in [-0.05, 0) is 43.3 Å². The molecule has 0 spiro atoms. The molecule has 21 heavy (non-hydrogen) atoms. The summed E-state index contributed by atoms with van der Waals surface area (Å²) >= 11 is 9.52. The van der Waals surface area contributed by atoms with Crippen LogP contribution in [-0.2, 0) is 6.61 Å². The Morgan fingerprint density at radius 2 is 2.00 bits per heavy atom. The lowest BCUT2D eigenvalue weighted by molar-refractivity contribution is 0.300. The summed E-state index contributed by atoms with van der Waals surface area (Å²) < 4.78 is 12.1. The van der Waals surface area contributed by atoms with Gasteiger partial charge in [0.25, 0.3) is 0 Å². The first-order chi connectivity index (χ1) is 10.0. The van der Waals surface area contributed by atoms with Crippen molar-refractivity contribution in [3.63, 3.8) is 0 Å². The third kappa shape index (κ3) is 4.13. The normalized spacial score (nSPS) is 12.0. The van der Waals surface area contributed by atoms with Gasteiger partial charge in [0.05, 0.1) is 7.11 Å². The molecule has 1 unspecified atom stereocenters. The minimum atomic E-state index is -0.146. The molecule has 1 atom stereocenters. The van der Waals surface area contributed by atoms with Gasteiger partial charge in [0.2, 0.25) is 0 Å². The number of hydrogen-bond donors (Lipinski definition) is 1. The Labute approximate surface area is 138 Å². The monoisotopic (exact) mass is 369 g/mol. The topological polar surface area (TPSA) is 44.5 Å². The maximum absolute atomic E-state index is 6.01. The molecule has 0 heterocycles. The molecular formula is C16H17BrClNO2. The molecule has 3 nitrogen and oxygen atoms in total. The van der Waals surface area contributed by atoms with Crippen molar-refractivity contribution in [2.75, 3.05) is 7.11 Å². The number of ether oxygens (including phenoxy) is 2. The Morgan fingerprint density at radius 3 is 2.67 bits per heavy atom. The third-order valence-corrected chi connectivity index (χ3v) is 4.11. The molecule has 2 aromatic rings. The van der Waals surface area contributed by atoms with E-state index in [0.717, 1.165) is 27.1 Å². The zero-order chi connectivity index (χ0) is 15.4. The molecule has 2 aromatic carbocycles. The van der Waals surface area contributed by atoms with Crippen LogP contribution < -0.4 is 15.2 Å². The molecule has 0 radical (unpaired) electrons. The van der Waals surface area contributed by atoms with Crippen molar-refractivity contribution in [3.05, 3.63) is 57.0 Å². The van der Waals surface area contributed by atoms with E-state index in [4.69, 9.17) is 26.8 Å². The number of benzene rings is 2. The summed E-state index contributed by atoms with van der Waals surface area (Å²) in [6.07, 6.45) is 0. The van der Waals surface area contributed by atoms with Crippen molar-refractivity contribution in [1.82, 2.24) is 0 Å². The first-order valence-electron chi connectivity index (χ1n) is 6.51. The molecule has 0 bridgehead atoms. The van der Waals surface area contributed by atoms with Gasteiger partial charge < -0.3 is 15.2 Å². The van der Waals surface area contributed by atoms with Crippen LogP contribution in [0, 0.1) is 0 Å². The van der Waals surface area contributed by atoms with Gasteiger partial charge in [0.1, 0.15) is 18.1 Å². The highest BCUT2D eigenvalue weighted by Crippen LogP contribution is 2.29. The summed E-state index contributed by atoms with van der Waals surface area (Å²) in [4.78, 5) is 0. The van der Waals surface area contributed by atoms with E-state index in [1.807, 2.05) is 37.3 Å². The third-order valence-electron chi connectivity index (χ3n) is 3.10. The van der Waals surface area contributed by atoms with Crippen LogP contribution in [0.3, 0.4) is 0 Å². The van der Waals surface area contributed by atoms with Crippen LogP contribution in [0.25, 0.3) is 0 Å². The maximum atomic E-state index is 6.01. The highest BCUT2D eigenvalue weighted by atomic mass is 79.9. The Bertz CT molecular complexity index is 632. The summed E-state index contributed by atoms with van der Waals surface area (Å²) in [7, 11) is 1.64. The minimum Gasteiger partial charge on any atom is -0.497 e. The van der Waals surface area contributed by atoms with Gasteiger partial charge in [-0.15, -0.1) is 0 Å². The van der Waals surface area contributed by atoms with Crippen LogP contribution in [0.4, 0.5) is 0 Å². The molecule has 0 aromatic heterocycles. The van der Waals surface area contributed by atoms with Gasteiger partial charge >= 0.3 is 0 Å². The Morgan fingerprint density at radius 1 is 1.24 bits per heavy atom. The molecular weight excluding hydrogens is 354 g/mol. The molecule has 0 aliphatic rings. The lowest BCUT2D eigenvalue weighted by Crippen LogP contribution is -2.08. The van der Waals surface area contributed by atoms with Gasteiger partial charge in [0.15, 0.2) is 0 Å². The van der Waals surface area contributed by atoms with Crippen molar-refractivity contribution in [1.29, 1.82) is 0 Å². The summed E-state index contributed by atoms with van der Waals surface area (Å²) in [6, 6.07) is 11.1. The van der Waals surface area contributed by atoms with E-state index in [1.165, 1.54) is 0 Å². The molecule has 5 heteroatoms. The maximum Gasteiger partial charge on any atom is 0.124 e.